The number of hydrogen-bond acceptors (Lipinski definition) is 2. The lowest BCUT2D eigenvalue weighted by Gasteiger charge is -2.13. The summed E-state index contributed by atoms with van der Waals surface area (Å²) in [6.45, 7) is 0. The Balaban J connectivity index is 1.14. The van der Waals surface area contributed by atoms with E-state index in [9.17, 15) is 0 Å². The molecule has 3 aromatic heterocycles. The maximum absolute atomic E-state index is 5.51. The topological polar surface area (TPSA) is 35.6 Å². The standard InChI is InChI=1S/C58H36N4/c1-3-16-37(17-4-1)39-30-32-42(33-31-39)61-52-35-34-51-53(55(52)54-45-24-9-7-22-43(45)44-23-8-10-25-46(44)57(54)61)48-27-12-14-29-50(48)62(51)58-59-49-28-13-11-26-47(49)56(60-58)41-21-15-20-40(36-41)38-18-5-2-6-19-38/h1-36H. The predicted octanol–water partition coefficient (Wildman–Crippen LogP) is 15.1. The van der Waals surface area contributed by atoms with E-state index < -0.39 is 0 Å². The fourth-order valence-corrected chi connectivity index (χ4v) is 10.00. The van der Waals surface area contributed by atoms with Crippen LogP contribution in [-0.4, -0.2) is 19.1 Å². The van der Waals surface area contributed by atoms with Crippen molar-refractivity contribution in [1.82, 2.24) is 19.1 Å². The Kier molecular flexibility index (Phi) is 7.57. The quantitative estimate of drug-likeness (QED) is 0.163. The zero-order valence-corrected chi connectivity index (χ0v) is 33.6. The van der Waals surface area contributed by atoms with Crippen LogP contribution in [0.4, 0.5) is 0 Å². The van der Waals surface area contributed by atoms with Gasteiger partial charge in [0.25, 0.3) is 0 Å². The van der Waals surface area contributed by atoms with Crippen molar-refractivity contribution in [2.45, 2.75) is 0 Å². The normalized spacial score (nSPS) is 11.9. The number of hydrogen-bond donors (Lipinski definition) is 0. The first-order valence-electron chi connectivity index (χ1n) is 21.2. The minimum absolute atomic E-state index is 0.643. The van der Waals surface area contributed by atoms with Crippen molar-refractivity contribution < 1.29 is 0 Å². The van der Waals surface area contributed by atoms with Crippen LogP contribution >= 0.6 is 0 Å². The molecule has 0 radical (unpaired) electrons. The Morgan fingerprint density at radius 1 is 0.290 bits per heavy atom. The van der Waals surface area contributed by atoms with Crippen LogP contribution in [0.25, 0.3) is 121 Å². The van der Waals surface area contributed by atoms with Gasteiger partial charge in [0.15, 0.2) is 0 Å². The lowest BCUT2D eigenvalue weighted by atomic mass is 9.95. The highest BCUT2D eigenvalue weighted by molar-refractivity contribution is 6.38. The summed E-state index contributed by atoms with van der Waals surface area (Å²) in [5.41, 5.74) is 13.2. The average molecular weight is 789 g/mol. The van der Waals surface area contributed by atoms with Crippen molar-refractivity contribution in [2.24, 2.45) is 0 Å². The predicted molar refractivity (Wildman–Crippen MR) is 260 cm³/mol. The van der Waals surface area contributed by atoms with E-state index in [2.05, 4.69) is 228 Å². The Hall–Kier alpha value is -8.34. The van der Waals surface area contributed by atoms with E-state index in [0.717, 1.165) is 55.3 Å². The molecule has 3 heterocycles. The molecule has 0 aliphatic rings. The maximum Gasteiger partial charge on any atom is 0.235 e. The van der Waals surface area contributed by atoms with Gasteiger partial charge in [0, 0.05) is 43.6 Å². The van der Waals surface area contributed by atoms with E-state index >= 15 is 0 Å². The summed E-state index contributed by atoms with van der Waals surface area (Å²) >= 11 is 0. The van der Waals surface area contributed by atoms with Crippen molar-refractivity contribution >= 4 is 76.1 Å². The molecule has 0 spiro atoms. The molecule has 0 saturated carbocycles. The second-order valence-electron chi connectivity index (χ2n) is 16.1. The average Bonchev–Trinajstić information content (AvgIpc) is 3.88. The third-order valence-corrected chi connectivity index (χ3v) is 12.7. The number of benzene rings is 10. The number of aromatic nitrogens is 4. The summed E-state index contributed by atoms with van der Waals surface area (Å²) in [7, 11) is 0. The zero-order valence-electron chi connectivity index (χ0n) is 33.6. The van der Waals surface area contributed by atoms with E-state index in [-0.39, 0.29) is 0 Å². The van der Waals surface area contributed by atoms with Crippen LogP contribution in [0.15, 0.2) is 218 Å². The Morgan fingerprint density at radius 3 is 1.56 bits per heavy atom. The Bertz CT molecular complexity index is 3900. The van der Waals surface area contributed by atoms with Crippen LogP contribution in [-0.2, 0) is 0 Å². The maximum atomic E-state index is 5.51. The molecule has 13 rings (SSSR count). The van der Waals surface area contributed by atoms with Crippen molar-refractivity contribution in [3.05, 3.63) is 218 Å². The Morgan fingerprint density at radius 2 is 0.823 bits per heavy atom. The van der Waals surface area contributed by atoms with Gasteiger partial charge >= 0.3 is 0 Å². The van der Waals surface area contributed by atoms with E-state index in [1.165, 1.54) is 59.9 Å². The van der Waals surface area contributed by atoms with Gasteiger partial charge in [0.1, 0.15) is 0 Å². The van der Waals surface area contributed by atoms with Crippen LogP contribution in [0.3, 0.4) is 0 Å². The van der Waals surface area contributed by atoms with E-state index in [1.807, 2.05) is 0 Å². The molecular weight excluding hydrogens is 753 g/mol. The molecule has 0 aliphatic heterocycles. The largest absolute Gasteiger partial charge is 0.309 e. The van der Waals surface area contributed by atoms with Crippen molar-refractivity contribution in [3.63, 3.8) is 0 Å². The van der Waals surface area contributed by atoms with Crippen molar-refractivity contribution in [2.75, 3.05) is 0 Å². The molecule has 4 nitrogen and oxygen atoms in total. The van der Waals surface area contributed by atoms with Gasteiger partial charge in [-0.3, -0.25) is 4.57 Å². The van der Waals surface area contributed by atoms with Gasteiger partial charge in [-0.25, -0.2) is 9.97 Å². The van der Waals surface area contributed by atoms with Crippen LogP contribution in [0, 0.1) is 0 Å². The van der Waals surface area contributed by atoms with E-state index in [4.69, 9.17) is 9.97 Å². The van der Waals surface area contributed by atoms with Gasteiger partial charge in [0.2, 0.25) is 5.95 Å². The van der Waals surface area contributed by atoms with Gasteiger partial charge in [-0.1, -0.05) is 176 Å². The van der Waals surface area contributed by atoms with Gasteiger partial charge in [-0.2, -0.15) is 0 Å². The molecule has 288 valence electrons. The monoisotopic (exact) mass is 788 g/mol. The summed E-state index contributed by atoms with van der Waals surface area (Å²) < 4.78 is 4.77. The summed E-state index contributed by atoms with van der Waals surface area (Å²) in [5, 5.41) is 10.8. The smallest absolute Gasteiger partial charge is 0.235 e. The second kappa shape index (κ2) is 13.6. The summed E-state index contributed by atoms with van der Waals surface area (Å²) in [5.74, 6) is 0.643. The highest BCUT2D eigenvalue weighted by Crippen LogP contribution is 2.47. The van der Waals surface area contributed by atoms with Gasteiger partial charge in [-0.05, 0) is 80.9 Å². The zero-order chi connectivity index (χ0) is 40.7. The molecule has 0 aliphatic carbocycles. The molecule has 0 saturated heterocycles. The number of para-hydroxylation sites is 2. The van der Waals surface area contributed by atoms with Gasteiger partial charge < -0.3 is 4.57 Å². The molecule has 4 heteroatoms. The molecule has 0 atom stereocenters. The third kappa shape index (κ3) is 5.14. The molecule has 13 aromatic rings. The molecule has 0 amide bonds. The van der Waals surface area contributed by atoms with Crippen LogP contribution in [0.1, 0.15) is 0 Å². The summed E-state index contributed by atoms with van der Waals surface area (Å²) in [6, 6.07) is 78.4. The summed E-state index contributed by atoms with van der Waals surface area (Å²) in [4.78, 5) is 10.9. The van der Waals surface area contributed by atoms with Gasteiger partial charge in [-0.15, -0.1) is 0 Å². The number of rotatable bonds is 5. The van der Waals surface area contributed by atoms with E-state index in [0.29, 0.717) is 5.95 Å². The minimum atomic E-state index is 0.643. The second-order valence-corrected chi connectivity index (χ2v) is 16.1. The highest BCUT2D eigenvalue weighted by Gasteiger charge is 2.25. The van der Waals surface area contributed by atoms with Crippen LogP contribution in [0.2, 0.25) is 0 Å². The Labute approximate surface area is 357 Å². The first-order chi connectivity index (χ1) is 30.8. The SMILES string of the molecule is c1ccc(-c2ccc(-n3c4ccc5c(c6ccccc6n5-c5nc(-c6cccc(-c7ccccc7)c6)c6ccccc6n5)c4c4c5ccccc5c5ccccc5c43)cc2)cc1. The molecule has 0 unspecified atom stereocenters. The van der Waals surface area contributed by atoms with Crippen molar-refractivity contribution in [3.8, 4) is 45.1 Å². The first kappa shape index (κ1) is 34.5. The van der Waals surface area contributed by atoms with E-state index in [1.54, 1.807) is 0 Å². The number of nitrogens with zero attached hydrogens (tertiary/aromatic N) is 4. The molecule has 0 fully saturated rings. The lowest BCUT2D eigenvalue weighted by Crippen LogP contribution is -2.03. The highest BCUT2D eigenvalue weighted by atomic mass is 15.2. The van der Waals surface area contributed by atoms with Gasteiger partial charge in [0.05, 0.1) is 33.3 Å². The summed E-state index contributed by atoms with van der Waals surface area (Å²) in [6.07, 6.45) is 0. The molecule has 10 aromatic carbocycles. The third-order valence-electron chi connectivity index (χ3n) is 12.7. The number of fused-ring (bicyclic) bond motifs is 13. The fourth-order valence-electron chi connectivity index (χ4n) is 10.00. The lowest BCUT2D eigenvalue weighted by molar-refractivity contribution is 1.01. The van der Waals surface area contributed by atoms with Crippen molar-refractivity contribution in [1.29, 1.82) is 0 Å². The fraction of sp³-hybridized carbons (Fsp3) is 0. The molecule has 62 heavy (non-hydrogen) atoms. The first-order valence-corrected chi connectivity index (χ1v) is 21.2. The molecule has 0 bridgehead atoms. The minimum Gasteiger partial charge on any atom is -0.309 e. The van der Waals surface area contributed by atoms with Crippen LogP contribution < -0.4 is 0 Å². The molecule has 0 N–H and O–H groups in total. The molecular formula is C58H36N4. The van der Waals surface area contributed by atoms with Crippen LogP contribution in [0.5, 0.6) is 0 Å².